The summed E-state index contributed by atoms with van der Waals surface area (Å²) in [6.45, 7) is 3.07. The Labute approximate surface area is 96.0 Å². The highest BCUT2D eigenvalue weighted by Crippen LogP contribution is 2.25. The molecule has 0 aromatic rings. The Balaban J connectivity index is 1.82. The van der Waals surface area contributed by atoms with Gasteiger partial charge in [0.2, 0.25) is 5.91 Å². The van der Waals surface area contributed by atoms with Crippen LogP contribution in [0.4, 0.5) is 0 Å². The lowest BCUT2D eigenvalue weighted by Crippen LogP contribution is -2.41. The molecule has 15 heavy (non-hydrogen) atoms. The first-order valence-corrected chi connectivity index (χ1v) is 7.20. The maximum atomic E-state index is 11.8. The van der Waals surface area contributed by atoms with Gasteiger partial charge in [-0.3, -0.25) is 4.79 Å². The molecule has 0 spiro atoms. The number of carbonyl (C=O) groups is 1. The molecular formula is C11H20N2OS. The quantitative estimate of drug-likeness (QED) is 0.780. The molecule has 2 aliphatic rings. The van der Waals surface area contributed by atoms with Crippen LogP contribution in [0, 0.1) is 5.92 Å². The van der Waals surface area contributed by atoms with E-state index in [1.165, 1.54) is 12.8 Å². The van der Waals surface area contributed by atoms with E-state index in [0.717, 1.165) is 31.3 Å². The SMILES string of the molecule is CSCCC(=O)N1C[C@@H]2CCCN[C@@H]2C1. The molecule has 2 aliphatic heterocycles. The van der Waals surface area contributed by atoms with E-state index < -0.39 is 0 Å². The van der Waals surface area contributed by atoms with E-state index in [0.29, 0.717) is 18.4 Å². The van der Waals surface area contributed by atoms with Crippen LogP contribution in [0.2, 0.25) is 0 Å². The fraction of sp³-hybridized carbons (Fsp3) is 0.909. The van der Waals surface area contributed by atoms with Crippen molar-refractivity contribution in [1.82, 2.24) is 10.2 Å². The van der Waals surface area contributed by atoms with Gasteiger partial charge in [0, 0.05) is 31.3 Å². The lowest BCUT2D eigenvalue weighted by atomic mass is 9.94. The Hall–Kier alpha value is -0.220. The number of likely N-dealkylation sites (tertiary alicyclic amines) is 1. The Kier molecular flexibility index (Phi) is 3.92. The Morgan fingerprint density at radius 1 is 1.53 bits per heavy atom. The van der Waals surface area contributed by atoms with E-state index in [4.69, 9.17) is 0 Å². The van der Waals surface area contributed by atoms with Gasteiger partial charge in [-0.05, 0) is 31.6 Å². The maximum absolute atomic E-state index is 11.8. The topological polar surface area (TPSA) is 32.3 Å². The summed E-state index contributed by atoms with van der Waals surface area (Å²) in [6.07, 6.45) is 5.33. The molecule has 2 rings (SSSR count). The van der Waals surface area contributed by atoms with Crippen LogP contribution in [0.15, 0.2) is 0 Å². The molecule has 1 N–H and O–H groups in total. The molecule has 0 aliphatic carbocycles. The zero-order valence-corrected chi connectivity index (χ0v) is 10.2. The molecule has 3 nitrogen and oxygen atoms in total. The Morgan fingerprint density at radius 3 is 3.13 bits per heavy atom. The number of nitrogens with one attached hydrogen (secondary N) is 1. The number of piperidine rings is 1. The van der Waals surface area contributed by atoms with E-state index in [2.05, 4.69) is 16.5 Å². The molecule has 0 saturated carbocycles. The van der Waals surface area contributed by atoms with Crippen molar-refractivity contribution in [1.29, 1.82) is 0 Å². The van der Waals surface area contributed by atoms with Crippen molar-refractivity contribution in [2.75, 3.05) is 31.6 Å². The summed E-state index contributed by atoms with van der Waals surface area (Å²) >= 11 is 1.75. The Morgan fingerprint density at radius 2 is 2.40 bits per heavy atom. The van der Waals surface area contributed by atoms with Gasteiger partial charge in [0.1, 0.15) is 0 Å². The first kappa shape index (κ1) is 11.3. The summed E-state index contributed by atoms with van der Waals surface area (Å²) in [5.74, 6) is 2.02. The van der Waals surface area contributed by atoms with Gasteiger partial charge in [-0.15, -0.1) is 0 Å². The van der Waals surface area contributed by atoms with Crippen molar-refractivity contribution in [3.8, 4) is 0 Å². The van der Waals surface area contributed by atoms with Gasteiger partial charge in [-0.2, -0.15) is 11.8 Å². The molecule has 2 atom stereocenters. The van der Waals surface area contributed by atoms with Gasteiger partial charge < -0.3 is 10.2 Å². The summed E-state index contributed by atoms with van der Waals surface area (Å²) < 4.78 is 0. The highest BCUT2D eigenvalue weighted by molar-refractivity contribution is 7.98. The summed E-state index contributed by atoms with van der Waals surface area (Å²) in [5.41, 5.74) is 0. The number of carbonyl (C=O) groups excluding carboxylic acids is 1. The molecule has 0 unspecified atom stereocenters. The summed E-state index contributed by atoms with van der Waals surface area (Å²) in [5, 5.41) is 3.52. The van der Waals surface area contributed by atoms with Crippen molar-refractivity contribution in [3.63, 3.8) is 0 Å². The zero-order valence-electron chi connectivity index (χ0n) is 9.37. The zero-order chi connectivity index (χ0) is 10.7. The summed E-state index contributed by atoms with van der Waals surface area (Å²) in [6, 6.07) is 0.581. The first-order chi connectivity index (χ1) is 7.31. The predicted octanol–water partition coefficient (Wildman–Crippen LogP) is 0.950. The van der Waals surface area contributed by atoms with Crippen molar-refractivity contribution in [2.24, 2.45) is 5.92 Å². The molecule has 0 aromatic carbocycles. The molecular weight excluding hydrogens is 208 g/mol. The lowest BCUT2D eigenvalue weighted by Gasteiger charge is -2.24. The van der Waals surface area contributed by atoms with Crippen LogP contribution in [0.3, 0.4) is 0 Å². The van der Waals surface area contributed by atoms with Crippen molar-refractivity contribution in [3.05, 3.63) is 0 Å². The minimum Gasteiger partial charge on any atom is -0.341 e. The smallest absolute Gasteiger partial charge is 0.223 e. The normalized spacial score (nSPS) is 30.3. The second kappa shape index (κ2) is 5.21. The number of hydrogen-bond donors (Lipinski definition) is 1. The number of thioether (sulfide) groups is 1. The van der Waals surface area contributed by atoms with Gasteiger partial charge in [0.25, 0.3) is 0 Å². The van der Waals surface area contributed by atoms with Gasteiger partial charge in [-0.25, -0.2) is 0 Å². The van der Waals surface area contributed by atoms with Crippen molar-refractivity contribution < 1.29 is 4.79 Å². The average molecular weight is 228 g/mol. The van der Waals surface area contributed by atoms with Gasteiger partial charge in [-0.1, -0.05) is 0 Å². The van der Waals surface area contributed by atoms with Crippen molar-refractivity contribution in [2.45, 2.75) is 25.3 Å². The molecule has 0 bridgehead atoms. The fourth-order valence-corrected chi connectivity index (χ4v) is 2.98. The lowest BCUT2D eigenvalue weighted by molar-refractivity contribution is -0.129. The first-order valence-electron chi connectivity index (χ1n) is 5.81. The average Bonchev–Trinajstić information content (AvgIpc) is 2.69. The van der Waals surface area contributed by atoms with E-state index >= 15 is 0 Å². The molecule has 2 fully saturated rings. The van der Waals surface area contributed by atoms with Crippen LogP contribution in [-0.4, -0.2) is 48.5 Å². The van der Waals surface area contributed by atoms with Crippen LogP contribution >= 0.6 is 11.8 Å². The van der Waals surface area contributed by atoms with Crippen molar-refractivity contribution >= 4 is 17.7 Å². The third-order valence-corrected chi connectivity index (χ3v) is 4.08. The monoisotopic (exact) mass is 228 g/mol. The largest absolute Gasteiger partial charge is 0.341 e. The predicted molar refractivity (Wildman–Crippen MR) is 64.1 cm³/mol. The van der Waals surface area contributed by atoms with E-state index in [1.54, 1.807) is 11.8 Å². The van der Waals surface area contributed by atoms with Crippen LogP contribution in [0.1, 0.15) is 19.3 Å². The minimum absolute atomic E-state index is 0.348. The maximum Gasteiger partial charge on any atom is 0.223 e. The van der Waals surface area contributed by atoms with Gasteiger partial charge in [0.15, 0.2) is 0 Å². The molecule has 0 aromatic heterocycles. The molecule has 86 valence electrons. The third kappa shape index (κ3) is 2.67. The van der Waals surface area contributed by atoms with Crippen LogP contribution in [0.5, 0.6) is 0 Å². The van der Waals surface area contributed by atoms with Crippen LogP contribution in [-0.2, 0) is 4.79 Å². The highest BCUT2D eigenvalue weighted by Gasteiger charge is 2.35. The number of fused-ring (bicyclic) bond motifs is 1. The molecule has 4 heteroatoms. The Bertz CT molecular complexity index is 221. The summed E-state index contributed by atoms with van der Waals surface area (Å²) in [7, 11) is 0. The van der Waals surface area contributed by atoms with Crippen LogP contribution < -0.4 is 5.32 Å². The second-order valence-corrected chi connectivity index (χ2v) is 5.49. The number of hydrogen-bond acceptors (Lipinski definition) is 3. The molecule has 1 amide bonds. The van der Waals surface area contributed by atoms with Crippen LogP contribution in [0.25, 0.3) is 0 Å². The molecule has 0 radical (unpaired) electrons. The highest BCUT2D eigenvalue weighted by atomic mass is 32.2. The molecule has 2 heterocycles. The second-order valence-electron chi connectivity index (χ2n) is 4.50. The van der Waals surface area contributed by atoms with E-state index in [-0.39, 0.29) is 0 Å². The number of nitrogens with zero attached hydrogens (tertiary/aromatic N) is 1. The number of rotatable bonds is 3. The van der Waals surface area contributed by atoms with Gasteiger partial charge >= 0.3 is 0 Å². The van der Waals surface area contributed by atoms with Gasteiger partial charge in [0.05, 0.1) is 0 Å². The molecule has 2 saturated heterocycles. The number of amides is 1. The van der Waals surface area contributed by atoms with E-state index in [1.807, 2.05) is 0 Å². The fourth-order valence-electron chi connectivity index (χ4n) is 2.60. The standard InChI is InChI=1S/C11H20N2OS/c1-15-6-4-11(14)13-7-9-3-2-5-12-10(9)8-13/h9-10,12H,2-8H2,1H3/t9-,10+/m0/s1. The minimum atomic E-state index is 0.348. The van der Waals surface area contributed by atoms with E-state index in [9.17, 15) is 4.79 Å². The third-order valence-electron chi connectivity index (χ3n) is 3.47. The summed E-state index contributed by atoms with van der Waals surface area (Å²) in [4.78, 5) is 13.9.